The van der Waals surface area contributed by atoms with E-state index in [9.17, 15) is 4.79 Å². The van der Waals surface area contributed by atoms with Gasteiger partial charge in [0.1, 0.15) is 5.75 Å². The molecule has 34 heavy (non-hydrogen) atoms. The summed E-state index contributed by atoms with van der Waals surface area (Å²) in [7, 11) is 1.66. The van der Waals surface area contributed by atoms with E-state index in [1.165, 1.54) is 4.91 Å². The fourth-order valence-electron chi connectivity index (χ4n) is 4.50. The quantitative estimate of drug-likeness (QED) is 0.457. The summed E-state index contributed by atoms with van der Waals surface area (Å²) in [6.45, 7) is 7.83. The standard InChI is InChI=1S/C27H34ClN3O2S/c1-4-30(5-2)16-17-31(25(32)27(14-15-27)21-10-12-22(33-3)13-11-21)26-29-19-23(34-26)18-20-8-6-7-9-24(20)28/h6-13,19,26,29H,4-5,14-18H2,1-3H3. The summed E-state index contributed by atoms with van der Waals surface area (Å²) in [5, 5.41) is 4.26. The van der Waals surface area contributed by atoms with Gasteiger partial charge in [-0.1, -0.05) is 67.5 Å². The lowest BCUT2D eigenvalue weighted by atomic mass is 9.94. The number of allylic oxidation sites excluding steroid dienone is 1. The van der Waals surface area contributed by atoms with E-state index in [1.54, 1.807) is 18.9 Å². The topological polar surface area (TPSA) is 44.8 Å². The van der Waals surface area contributed by atoms with Crippen molar-refractivity contribution in [3.63, 3.8) is 0 Å². The maximum Gasteiger partial charge on any atom is 0.235 e. The van der Waals surface area contributed by atoms with Crippen LogP contribution in [0.25, 0.3) is 0 Å². The highest BCUT2D eigenvalue weighted by Crippen LogP contribution is 2.50. The number of rotatable bonds is 11. The van der Waals surface area contributed by atoms with E-state index in [0.717, 1.165) is 60.8 Å². The molecule has 7 heteroatoms. The first-order chi connectivity index (χ1) is 16.5. The Morgan fingerprint density at radius 2 is 1.82 bits per heavy atom. The molecule has 1 aliphatic carbocycles. The van der Waals surface area contributed by atoms with Crippen molar-refractivity contribution in [2.75, 3.05) is 33.3 Å². The maximum absolute atomic E-state index is 14.1. The minimum atomic E-state index is -0.427. The molecule has 5 nitrogen and oxygen atoms in total. The number of ether oxygens (including phenoxy) is 1. The number of amides is 1. The van der Waals surface area contributed by atoms with Crippen molar-refractivity contribution in [2.24, 2.45) is 0 Å². The van der Waals surface area contributed by atoms with Gasteiger partial charge in [-0.2, -0.15) is 0 Å². The number of thioether (sulfide) groups is 1. The van der Waals surface area contributed by atoms with Gasteiger partial charge < -0.3 is 19.9 Å². The molecule has 182 valence electrons. The lowest BCUT2D eigenvalue weighted by Crippen LogP contribution is -2.50. The van der Waals surface area contributed by atoms with Gasteiger partial charge >= 0.3 is 0 Å². The predicted molar refractivity (Wildman–Crippen MR) is 141 cm³/mol. The molecule has 1 amide bonds. The summed E-state index contributed by atoms with van der Waals surface area (Å²) >= 11 is 8.11. The van der Waals surface area contributed by atoms with Crippen molar-refractivity contribution < 1.29 is 9.53 Å². The van der Waals surface area contributed by atoms with E-state index >= 15 is 0 Å². The van der Waals surface area contributed by atoms with Crippen LogP contribution in [0.2, 0.25) is 5.02 Å². The molecular formula is C27H34ClN3O2S. The summed E-state index contributed by atoms with van der Waals surface area (Å²) in [6, 6.07) is 15.9. The number of nitrogens with one attached hydrogen (secondary N) is 1. The van der Waals surface area contributed by atoms with Crippen molar-refractivity contribution in [3.05, 3.63) is 75.8 Å². The molecule has 0 radical (unpaired) electrons. The zero-order chi connectivity index (χ0) is 24.1. The monoisotopic (exact) mass is 499 g/mol. The van der Waals surface area contributed by atoms with Crippen molar-refractivity contribution in [2.45, 2.75) is 44.0 Å². The third-order valence-corrected chi connectivity index (χ3v) is 8.42. The molecule has 0 saturated heterocycles. The van der Waals surface area contributed by atoms with Crippen LogP contribution in [-0.2, 0) is 16.6 Å². The smallest absolute Gasteiger partial charge is 0.235 e. The summed E-state index contributed by atoms with van der Waals surface area (Å²) in [4.78, 5) is 19.7. The van der Waals surface area contributed by atoms with Gasteiger partial charge in [-0.25, -0.2) is 0 Å². The molecule has 0 spiro atoms. The summed E-state index contributed by atoms with van der Waals surface area (Å²) in [5.74, 6) is 1.02. The number of methoxy groups -OCH3 is 1. The molecule has 1 N–H and O–H groups in total. The Labute approximate surface area is 212 Å². The number of hydrogen-bond acceptors (Lipinski definition) is 5. The molecule has 0 bridgehead atoms. The number of carbonyl (C=O) groups is 1. The second-order valence-corrected chi connectivity index (χ2v) is 10.5. The SMILES string of the molecule is CCN(CC)CCN(C(=O)C1(c2ccc(OC)cc2)CC1)C1NC=C(Cc2ccccc2Cl)S1. The van der Waals surface area contributed by atoms with Gasteiger partial charge in [0.2, 0.25) is 5.91 Å². The number of hydrogen-bond donors (Lipinski definition) is 1. The van der Waals surface area contributed by atoms with Crippen LogP contribution in [0.4, 0.5) is 0 Å². The van der Waals surface area contributed by atoms with Crippen LogP contribution in [-0.4, -0.2) is 54.5 Å². The van der Waals surface area contributed by atoms with Crippen LogP contribution in [0, 0.1) is 0 Å². The number of benzene rings is 2. The van der Waals surface area contributed by atoms with Crippen LogP contribution in [0.1, 0.15) is 37.8 Å². The molecule has 4 rings (SSSR count). The van der Waals surface area contributed by atoms with Crippen molar-refractivity contribution >= 4 is 29.3 Å². The Hall–Kier alpha value is -2.15. The first-order valence-electron chi connectivity index (χ1n) is 12.0. The molecular weight excluding hydrogens is 466 g/mol. The van der Waals surface area contributed by atoms with Crippen LogP contribution in [0.5, 0.6) is 5.75 Å². The van der Waals surface area contributed by atoms with Crippen molar-refractivity contribution in [3.8, 4) is 5.75 Å². The Morgan fingerprint density at radius 1 is 1.12 bits per heavy atom. The molecule has 2 aromatic carbocycles. The number of nitrogens with zero attached hydrogens (tertiary/aromatic N) is 2. The van der Waals surface area contributed by atoms with Gasteiger partial charge in [0.15, 0.2) is 5.50 Å². The normalized spacial score (nSPS) is 18.4. The van der Waals surface area contributed by atoms with Crippen molar-refractivity contribution in [1.29, 1.82) is 0 Å². The number of halogens is 1. The molecule has 1 fully saturated rings. The van der Waals surface area contributed by atoms with Crippen LogP contribution < -0.4 is 10.1 Å². The van der Waals surface area contributed by atoms with E-state index in [4.69, 9.17) is 16.3 Å². The molecule has 1 heterocycles. The highest BCUT2D eigenvalue weighted by Gasteiger charge is 2.54. The third-order valence-electron chi connectivity index (χ3n) is 6.87. The van der Waals surface area contributed by atoms with E-state index < -0.39 is 5.41 Å². The van der Waals surface area contributed by atoms with Crippen LogP contribution in [0.15, 0.2) is 59.6 Å². The van der Waals surface area contributed by atoms with Gasteiger partial charge in [0.05, 0.1) is 12.5 Å². The Bertz CT molecular complexity index is 1020. The van der Waals surface area contributed by atoms with Gasteiger partial charge in [0, 0.05) is 35.6 Å². The van der Waals surface area contributed by atoms with E-state index in [0.29, 0.717) is 6.54 Å². The molecule has 1 atom stereocenters. The van der Waals surface area contributed by atoms with E-state index in [-0.39, 0.29) is 11.4 Å². The molecule has 1 unspecified atom stereocenters. The second-order valence-electron chi connectivity index (χ2n) is 8.85. The molecule has 1 aliphatic heterocycles. The largest absolute Gasteiger partial charge is 0.497 e. The lowest BCUT2D eigenvalue weighted by Gasteiger charge is -2.34. The molecule has 2 aromatic rings. The van der Waals surface area contributed by atoms with Crippen molar-refractivity contribution in [1.82, 2.24) is 15.1 Å². The Balaban J connectivity index is 1.51. The van der Waals surface area contributed by atoms with Gasteiger partial charge in [-0.15, -0.1) is 0 Å². The zero-order valence-corrected chi connectivity index (χ0v) is 21.8. The number of likely N-dealkylation sites (N-methyl/N-ethyl adjacent to an activating group) is 1. The first-order valence-corrected chi connectivity index (χ1v) is 13.3. The minimum Gasteiger partial charge on any atom is -0.497 e. The zero-order valence-electron chi connectivity index (χ0n) is 20.2. The Kier molecular flexibility index (Phi) is 8.12. The first kappa shape index (κ1) is 25.0. The summed E-state index contributed by atoms with van der Waals surface area (Å²) in [5.41, 5.74) is 1.64. The molecule has 2 aliphatic rings. The fourth-order valence-corrected chi connectivity index (χ4v) is 5.83. The van der Waals surface area contributed by atoms with Gasteiger partial charge in [0.25, 0.3) is 0 Å². The van der Waals surface area contributed by atoms with Gasteiger partial charge in [-0.3, -0.25) is 4.79 Å². The van der Waals surface area contributed by atoms with Gasteiger partial charge in [-0.05, 0) is 55.3 Å². The van der Waals surface area contributed by atoms with Crippen LogP contribution >= 0.6 is 23.4 Å². The summed E-state index contributed by atoms with van der Waals surface area (Å²) in [6.07, 6.45) is 4.58. The lowest BCUT2D eigenvalue weighted by molar-refractivity contribution is -0.135. The average Bonchev–Trinajstić information content (AvgIpc) is 3.56. The molecule has 1 saturated carbocycles. The third kappa shape index (κ3) is 5.40. The predicted octanol–water partition coefficient (Wildman–Crippen LogP) is 5.25. The highest BCUT2D eigenvalue weighted by molar-refractivity contribution is 8.03. The van der Waals surface area contributed by atoms with Crippen LogP contribution in [0.3, 0.4) is 0 Å². The Morgan fingerprint density at radius 3 is 2.44 bits per heavy atom. The summed E-state index contributed by atoms with van der Waals surface area (Å²) < 4.78 is 5.32. The maximum atomic E-state index is 14.1. The second kappa shape index (κ2) is 11.1. The van der Waals surface area contributed by atoms with E-state index in [2.05, 4.69) is 35.0 Å². The molecule has 0 aromatic heterocycles. The number of carbonyl (C=O) groups excluding carboxylic acids is 1. The average molecular weight is 500 g/mol. The fraction of sp³-hybridized carbons (Fsp3) is 0.444. The van der Waals surface area contributed by atoms with E-state index in [1.807, 2.05) is 48.7 Å². The highest BCUT2D eigenvalue weighted by atomic mass is 35.5. The minimum absolute atomic E-state index is 0.115.